The zero-order valence-electron chi connectivity index (χ0n) is 8.62. The first-order valence-electron chi connectivity index (χ1n) is 4.67. The van der Waals surface area contributed by atoms with Crippen molar-refractivity contribution in [3.8, 4) is 5.75 Å². The van der Waals surface area contributed by atoms with Crippen LogP contribution >= 0.6 is 0 Å². The first-order chi connectivity index (χ1) is 6.45. The molecule has 0 aliphatic carbocycles. The summed E-state index contributed by atoms with van der Waals surface area (Å²) in [4.78, 5) is 0. The molecule has 0 aliphatic heterocycles. The van der Waals surface area contributed by atoms with Crippen LogP contribution in [0.4, 0.5) is 0 Å². The van der Waals surface area contributed by atoms with Crippen molar-refractivity contribution < 1.29 is 10.2 Å². The number of aromatic hydroxyl groups is 1. The molecule has 1 rings (SSSR count). The first-order valence-corrected chi connectivity index (χ1v) is 4.67. The average Bonchev–Trinajstić information content (AvgIpc) is 2.07. The maximum Gasteiger partial charge on any atom is 0.120 e. The van der Waals surface area contributed by atoms with Gasteiger partial charge in [0, 0.05) is 17.7 Å². The van der Waals surface area contributed by atoms with E-state index in [-0.39, 0.29) is 12.4 Å². The molecule has 0 radical (unpaired) electrons. The third kappa shape index (κ3) is 2.47. The molecule has 0 aliphatic rings. The quantitative estimate of drug-likeness (QED) is 0.677. The van der Waals surface area contributed by atoms with Gasteiger partial charge in [0.1, 0.15) is 5.75 Å². The molecule has 1 aromatic rings. The van der Waals surface area contributed by atoms with Crippen LogP contribution in [-0.2, 0) is 12.0 Å². The Balaban J connectivity index is 3.09. The highest BCUT2D eigenvalue weighted by atomic mass is 16.3. The van der Waals surface area contributed by atoms with Gasteiger partial charge in [0.25, 0.3) is 0 Å². The molecule has 78 valence electrons. The zero-order chi connectivity index (χ0) is 10.8. The third-order valence-corrected chi connectivity index (χ3v) is 2.16. The predicted octanol–water partition coefficient (Wildman–Crippen LogP) is 1.12. The van der Waals surface area contributed by atoms with E-state index in [1.807, 2.05) is 19.9 Å². The van der Waals surface area contributed by atoms with Crippen molar-refractivity contribution >= 4 is 0 Å². The maximum absolute atomic E-state index is 9.60. The molecule has 0 atom stereocenters. The number of aliphatic hydroxyl groups excluding tert-OH is 1. The van der Waals surface area contributed by atoms with Gasteiger partial charge < -0.3 is 15.9 Å². The Morgan fingerprint density at radius 2 is 2.00 bits per heavy atom. The molecular weight excluding hydrogens is 178 g/mol. The van der Waals surface area contributed by atoms with Gasteiger partial charge in [-0.2, -0.15) is 0 Å². The lowest BCUT2D eigenvalue weighted by Crippen LogP contribution is -2.28. The highest BCUT2D eigenvalue weighted by Crippen LogP contribution is 2.27. The minimum absolute atomic E-state index is 0.106. The van der Waals surface area contributed by atoms with Gasteiger partial charge in [0.15, 0.2) is 0 Å². The summed E-state index contributed by atoms with van der Waals surface area (Å²) in [5, 5.41) is 18.4. The molecule has 0 fully saturated rings. The van der Waals surface area contributed by atoms with E-state index in [1.165, 1.54) is 0 Å². The van der Waals surface area contributed by atoms with E-state index < -0.39 is 5.54 Å². The fourth-order valence-corrected chi connectivity index (χ4v) is 1.38. The molecule has 0 spiro atoms. The Kier molecular flexibility index (Phi) is 3.13. The Labute approximate surface area is 84.2 Å². The molecule has 0 aromatic heterocycles. The standard InChI is InChI=1S/C11H17NO2/c1-11(2,12)9-7-8(5-6-13)3-4-10(9)14/h3-4,7,13-14H,5-6,12H2,1-2H3. The van der Waals surface area contributed by atoms with Gasteiger partial charge in [-0.1, -0.05) is 12.1 Å². The van der Waals surface area contributed by atoms with Gasteiger partial charge in [-0.25, -0.2) is 0 Å². The average molecular weight is 195 g/mol. The highest BCUT2D eigenvalue weighted by Gasteiger charge is 2.18. The second-order valence-electron chi connectivity index (χ2n) is 4.05. The number of nitrogens with two attached hydrogens (primary N) is 1. The van der Waals surface area contributed by atoms with Crippen molar-refractivity contribution in [1.29, 1.82) is 0 Å². The molecule has 0 heterocycles. The summed E-state index contributed by atoms with van der Waals surface area (Å²) in [6.45, 7) is 3.78. The summed E-state index contributed by atoms with van der Waals surface area (Å²) in [7, 11) is 0. The van der Waals surface area contributed by atoms with Gasteiger partial charge in [-0.15, -0.1) is 0 Å². The van der Waals surface area contributed by atoms with Gasteiger partial charge in [-0.05, 0) is 31.9 Å². The van der Waals surface area contributed by atoms with E-state index in [1.54, 1.807) is 12.1 Å². The number of hydrogen-bond donors (Lipinski definition) is 3. The van der Waals surface area contributed by atoms with Crippen LogP contribution < -0.4 is 5.73 Å². The summed E-state index contributed by atoms with van der Waals surface area (Å²) in [6, 6.07) is 5.25. The number of benzene rings is 1. The monoisotopic (exact) mass is 195 g/mol. The summed E-state index contributed by atoms with van der Waals surface area (Å²) in [6.07, 6.45) is 0.587. The maximum atomic E-state index is 9.60. The van der Waals surface area contributed by atoms with E-state index in [0.717, 1.165) is 5.56 Å². The lowest BCUT2D eigenvalue weighted by molar-refractivity contribution is 0.299. The van der Waals surface area contributed by atoms with Crippen molar-refractivity contribution in [2.24, 2.45) is 5.73 Å². The van der Waals surface area contributed by atoms with Gasteiger partial charge in [0.05, 0.1) is 0 Å². The summed E-state index contributed by atoms with van der Waals surface area (Å²) in [5.41, 5.74) is 7.04. The number of aliphatic hydroxyl groups is 1. The molecule has 0 unspecified atom stereocenters. The summed E-state index contributed by atoms with van der Waals surface area (Å²) in [5.74, 6) is 0.208. The minimum atomic E-state index is -0.560. The van der Waals surface area contributed by atoms with Gasteiger partial charge >= 0.3 is 0 Å². The van der Waals surface area contributed by atoms with Crippen LogP contribution in [0.25, 0.3) is 0 Å². The van der Waals surface area contributed by atoms with Crippen molar-refractivity contribution in [2.75, 3.05) is 6.61 Å². The van der Waals surface area contributed by atoms with Crippen LogP contribution in [-0.4, -0.2) is 16.8 Å². The van der Waals surface area contributed by atoms with Crippen LogP contribution in [0.2, 0.25) is 0 Å². The van der Waals surface area contributed by atoms with Crippen molar-refractivity contribution in [2.45, 2.75) is 25.8 Å². The number of phenolic OH excluding ortho intramolecular Hbond substituents is 1. The minimum Gasteiger partial charge on any atom is -0.508 e. The lowest BCUT2D eigenvalue weighted by atomic mass is 9.92. The van der Waals surface area contributed by atoms with Crippen LogP contribution in [0.5, 0.6) is 5.75 Å². The Bertz CT molecular complexity index is 316. The van der Waals surface area contributed by atoms with Crippen LogP contribution in [0.15, 0.2) is 18.2 Å². The molecule has 0 saturated heterocycles. The van der Waals surface area contributed by atoms with Gasteiger partial charge in [-0.3, -0.25) is 0 Å². The largest absolute Gasteiger partial charge is 0.508 e. The van der Waals surface area contributed by atoms with E-state index in [2.05, 4.69) is 0 Å². The predicted molar refractivity (Wildman–Crippen MR) is 56.1 cm³/mol. The normalized spacial score (nSPS) is 11.7. The fraction of sp³-hybridized carbons (Fsp3) is 0.455. The highest BCUT2D eigenvalue weighted by molar-refractivity contribution is 5.40. The number of rotatable bonds is 3. The SMILES string of the molecule is CC(C)(N)c1cc(CCO)ccc1O. The molecule has 3 nitrogen and oxygen atoms in total. The smallest absolute Gasteiger partial charge is 0.120 e. The Hall–Kier alpha value is -1.06. The van der Waals surface area contributed by atoms with Crippen molar-refractivity contribution in [3.63, 3.8) is 0 Å². The van der Waals surface area contributed by atoms with E-state index in [9.17, 15) is 5.11 Å². The summed E-state index contributed by atoms with van der Waals surface area (Å²) >= 11 is 0. The second-order valence-corrected chi connectivity index (χ2v) is 4.05. The Morgan fingerprint density at radius 1 is 1.36 bits per heavy atom. The van der Waals surface area contributed by atoms with Crippen molar-refractivity contribution in [3.05, 3.63) is 29.3 Å². The molecule has 0 amide bonds. The van der Waals surface area contributed by atoms with E-state index in [4.69, 9.17) is 10.8 Å². The molecule has 0 bridgehead atoms. The number of phenols is 1. The van der Waals surface area contributed by atoms with Crippen LogP contribution in [0.1, 0.15) is 25.0 Å². The van der Waals surface area contributed by atoms with Crippen molar-refractivity contribution in [1.82, 2.24) is 0 Å². The first kappa shape index (κ1) is 11.0. The molecule has 0 saturated carbocycles. The topological polar surface area (TPSA) is 66.5 Å². The van der Waals surface area contributed by atoms with Crippen LogP contribution in [0.3, 0.4) is 0 Å². The lowest BCUT2D eigenvalue weighted by Gasteiger charge is -2.21. The number of hydrogen-bond acceptors (Lipinski definition) is 3. The third-order valence-electron chi connectivity index (χ3n) is 2.16. The molecular formula is C11H17NO2. The van der Waals surface area contributed by atoms with E-state index >= 15 is 0 Å². The van der Waals surface area contributed by atoms with Crippen LogP contribution in [0, 0.1) is 0 Å². The Morgan fingerprint density at radius 3 is 2.50 bits per heavy atom. The molecule has 14 heavy (non-hydrogen) atoms. The molecule has 1 aromatic carbocycles. The zero-order valence-corrected chi connectivity index (χ0v) is 8.62. The summed E-state index contributed by atoms with van der Waals surface area (Å²) < 4.78 is 0. The van der Waals surface area contributed by atoms with Gasteiger partial charge in [0.2, 0.25) is 0 Å². The van der Waals surface area contributed by atoms with E-state index in [0.29, 0.717) is 12.0 Å². The molecule has 3 heteroatoms. The molecule has 4 N–H and O–H groups in total. The fourth-order valence-electron chi connectivity index (χ4n) is 1.38. The second kappa shape index (κ2) is 3.98.